The number of anilines is 1. The predicted molar refractivity (Wildman–Crippen MR) is 109 cm³/mol. The molecule has 0 bridgehead atoms. The molecule has 0 aliphatic carbocycles. The third-order valence-corrected chi connectivity index (χ3v) is 4.89. The Bertz CT molecular complexity index is 831. The molecule has 2 N–H and O–H groups in total. The molecule has 0 fully saturated rings. The molecule has 0 aliphatic heterocycles. The fraction of sp³-hybridized carbons (Fsp3) is 0.300. The molecule has 1 aromatic heterocycles. The fourth-order valence-corrected chi connectivity index (χ4v) is 3.39. The standard InChI is InChI=1S/C20H23N3O3S/c1-25-15-8-10-16(11-9-15)26-14-4-7-19(24)21-12-13-22-20-23-17-5-2-3-6-18(17)27-20/h2-3,5-6,8-11H,4,7,12-14H2,1H3,(H,21,24)(H,22,23). The number of methoxy groups -OCH3 is 1. The number of carbonyl (C=O) groups is 1. The van der Waals surface area contributed by atoms with Crippen LogP contribution in [0.25, 0.3) is 10.2 Å². The second-order valence-corrected chi connectivity index (χ2v) is 6.92. The predicted octanol–water partition coefficient (Wildman–Crippen LogP) is 3.69. The van der Waals surface area contributed by atoms with Crippen molar-refractivity contribution in [3.8, 4) is 11.5 Å². The van der Waals surface area contributed by atoms with Crippen LogP contribution in [0.15, 0.2) is 48.5 Å². The molecular weight excluding hydrogens is 362 g/mol. The Morgan fingerprint density at radius 2 is 1.85 bits per heavy atom. The van der Waals surface area contributed by atoms with Crippen LogP contribution in [0, 0.1) is 0 Å². The Morgan fingerprint density at radius 3 is 2.63 bits per heavy atom. The van der Waals surface area contributed by atoms with E-state index in [1.807, 2.05) is 48.5 Å². The first-order valence-corrected chi connectivity index (χ1v) is 9.69. The minimum absolute atomic E-state index is 0.0273. The monoisotopic (exact) mass is 385 g/mol. The molecule has 0 saturated heterocycles. The van der Waals surface area contributed by atoms with Crippen molar-refractivity contribution in [1.82, 2.24) is 10.3 Å². The summed E-state index contributed by atoms with van der Waals surface area (Å²) in [6.07, 6.45) is 1.11. The Balaban J connectivity index is 1.27. The zero-order valence-corrected chi connectivity index (χ0v) is 16.1. The van der Waals surface area contributed by atoms with E-state index >= 15 is 0 Å². The molecule has 1 amide bonds. The molecule has 27 heavy (non-hydrogen) atoms. The van der Waals surface area contributed by atoms with Gasteiger partial charge in [-0.2, -0.15) is 0 Å². The topological polar surface area (TPSA) is 72.5 Å². The van der Waals surface area contributed by atoms with Crippen LogP contribution in [0.4, 0.5) is 5.13 Å². The number of aromatic nitrogens is 1. The van der Waals surface area contributed by atoms with E-state index in [0.717, 1.165) is 26.8 Å². The lowest BCUT2D eigenvalue weighted by molar-refractivity contribution is -0.121. The number of fused-ring (bicyclic) bond motifs is 1. The van der Waals surface area contributed by atoms with Gasteiger partial charge in [0.05, 0.1) is 23.9 Å². The van der Waals surface area contributed by atoms with Crippen molar-refractivity contribution in [2.45, 2.75) is 12.8 Å². The normalized spacial score (nSPS) is 10.6. The molecule has 0 aliphatic rings. The van der Waals surface area contributed by atoms with Gasteiger partial charge in [0.15, 0.2) is 5.13 Å². The van der Waals surface area contributed by atoms with E-state index in [1.54, 1.807) is 18.4 Å². The van der Waals surface area contributed by atoms with Crippen LogP contribution in [0.2, 0.25) is 0 Å². The molecule has 6 nitrogen and oxygen atoms in total. The number of benzene rings is 2. The van der Waals surface area contributed by atoms with Crippen molar-refractivity contribution in [2.24, 2.45) is 0 Å². The van der Waals surface area contributed by atoms with Crippen molar-refractivity contribution in [1.29, 1.82) is 0 Å². The summed E-state index contributed by atoms with van der Waals surface area (Å²) in [6.45, 7) is 1.71. The van der Waals surface area contributed by atoms with E-state index in [4.69, 9.17) is 9.47 Å². The summed E-state index contributed by atoms with van der Waals surface area (Å²) in [4.78, 5) is 16.4. The van der Waals surface area contributed by atoms with Crippen LogP contribution in [0.5, 0.6) is 11.5 Å². The van der Waals surface area contributed by atoms with Gasteiger partial charge in [0.2, 0.25) is 5.91 Å². The smallest absolute Gasteiger partial charge is 0.220 e. The number of rotatable bonds is 10. The van der Waals surface area contributed by atoms with Crippen LogP contribution in [0.3, 0.4) is 0 Å². The Morgan fingerprint density at radius 1 is 1.07 bits per heavy atom. The van der Waals surface area contributed by atoms with E-state index in [9.17, 15) is 4.79 Å². The van der Waals surface area contributed by atoms with Gasteiger partial charge in [-0.3, -0.25) is 4.79 Å². The van der Waals surface area contributed by atoms with Gasteiger partial charge >= 0.3 is 0 Å². The highest BCUT2D eigenvalue weighted by Crippen LogP contribution is 2.24. The lowest BCUT2D eigenvalue weighted by atomic mass is 10.3. The second-order valence-electron chi connectivity index (χ2n) is 5.89. The highest BCUT2D eigenvalue weighted by molar-refractivity contribution is 7.22. The minimum Gasteiger partial charge on any atom is -0.497 e. The molecule has 0 spiro atoms. The summed E-state index contributed by atoms with van der Waals surface area (Å²) in [5.74, 6) is 1.59. The molecule has 3 rings (SSSR count). The second kappa shape index (κ2) is 9.78. The quantitative estimate of drug-likeness (QED) is 0.521. The number of para-hydroxylation sites is 1. The summed E-state index contributed by atoms with van der Waals surface area (Å²) in [5.41, 5.74) is 0.992. The van der Waals surface area contributed by atoms with E-state index in [2.05, 4.69) is 15.6 Å². The molecule has 0 unspecified atom stereocenters. The number of ether oxygens (including phenoxy) is 2. The van der Waals surface area contributed by atoms with Crippen molar-refractivity contribution in [3.63, 3.8) is 0 Å². The summed E-state index contributed by atoms with van der Waals surface area (Å²) in [7, 11) is 1.63. The minimum atomic E-state index is 0.0273. The van der Waals surface area contributed by atoms with Crippen LogP contribution in [0.1, 0.15) is 12.8 Å². The maximum Gasteiger partial charge on any atom is 0.220 e. The lowest BCUT2D eigenvalue weighted by Gasteiger charge is -2.08. The molecule has 0 radical (unpaired) electrons. The van der Waals surface area contributed by atoms with Gasteiger partial charge in [0, 0.05) is 19.5 Å². The summed E-state index contributed by atoms with van der Waals surface area (Å²) >= 11 is 1.61. The summed E-state index contributed by atoms with van der Waals surface area (Å²) < 4.78 is 11.9. The fourth-order valence-electron chi connectivity index (χ4n) is 2.50. The van der Waals surface area contributed by atoms with Crippen molar-refractivity contribution in [2.75, 3.05) is 32.1 Å². The number of amides is 1. The van der Waals surface area contributed by atoms with Gasteiger partial charge in [0.25, 0.3) is 0 Å². The van der Waals surface area contributed by atoms with Gasteiger partial charge in [-0.1, -0.05) is 23.5 Å². The van der Waals surface area contributed by atoms with Crippen molar-refractivity contribution < 1.29 is 14.3 Å². The van der Waals surface area contributed by atoms with E-state index < -0.39 is 0 Å². The lowest BCUT2D eigenvalue weighted by Crippen LogP contribution is -2.28. The van der Waals surface area contributed by atoms with E-state index in [-0.39, 0.29) is 5.91 Å². The molecular formula is C20H23N3O3S. The average molecular weight is 385 g/mol. The van der Waals surface area contributed by atoms with E-state index in [0.29, 0.717) is 32.5 Å². The number of nitrogens with one attached hydrogen (secondary N) is 2. The summed E-state index contributed by atoms with van der Waals surface area (Å²) in [6, 6.07) is 15.4. The molecule has 142 valence electrons. The highest BCUT2D eigenvalue weighted by atomic mass is 32.1. The number of nitrogens with zero attached hydrogens (tertiary/aromatic N) is 1. The first-order valence-electron chi connectivity index (χ1n) is 8.87. The van der Waals surface area contributed by atoms with Gasteiger partial charge < -0.3 is 20.1 Å². The number of hydrogen-bond donors (Lipinski definition) is 2. The zero-order chi connectivity index (χ0) is 18.9. The van der Waals surface area contributed by atoms with Crippen LogP contribution in [-0.2, 0) is 4.79 Å². The van der Waals surface area contributed by atoms with Gasteiger partial charge in [-0.15, -0.1) is 0 Å². The average Bonchev–Trinajstić information content (AvgIpc) is 3.12. The largest absolute Gasteiger partial charge is 0.497 e. The van der Waals surface area contributed by atoms with Crippen LogP contribution >= 0.6 is 11.3 Å². The summed E-state index contributed by atoms with van der Waals surface area (Å²) in [5, 5.41) is 7.02. The van der Waals surface area contributed by atoms with E-state index in [1.165, 1.54) is 0 Å². The molecule has 3 aromatic rings. The molecule has 7 heteroatoms. The maximum absolute atomic E-state index is 11.9. The molecule has 0 atom stereocenters. The molecule has 2 aromatic carbocycles. The Hall–Kier alpha value is -2.80. The zero-order valence-electron chi connectivity index (χ0n) is 15.2. The van der Waals surface area contributed by atoms with Gasteiger partial charge in [-0.05, 0) is 42.8 Å². The van der Waals surface area contributed by atoms with Crippen LogP contribution < -0.4 is 20.1 Å². The first-order chi connectivity index (χ1) is 13.2. The van der Waals surface area contributed by atoms with Crippen molar-refractivity contribution >= 4 is 32.6 Å². The van der Waals surface area contributed by atoms with Gasteiger partial charge in [-0.25, -0.2) is 4.98 Å². The third kappa shape index (κ3) is 5.86. The maximum atomic E-state index is 11.9. The highest BCUT2D eigenvalue weighted by Gasteiger charge is 2.04. The van der Waals surface area contributed by atoms with Gasteiger partial charge in [0.1, 0.15) is 11.5 Å². The molecule has 0 saturated carbocycles. The SMILES string of the molecule is COc1ccc(OCCCC(=O)NCCNc2nc3ccccc3s2)cc1. The number of hydrogen-bond acceptors (Lipinski definition) is 6. The third-order valence-electron chi connectivity index (χ3n) is 3.89. The molecule has 1 heterocycles. The Labute approximate surface area is 162 Å². The first kappa shape index (κ1) is 19.0. The Kier molecular flexibility index (Phi) is 6.87. The number of thiazole rings is 1. The van der Waals surface area contributed by atoms with Crippen molar-refractivity contribution in [3.05, 3.63) is 48.5 Å². The van der Waals surface area contributed by atoms with Crippen LogP contribution in [-0.4, -0.2) is 37.7 Å². The number of carbonyl (C=O) groups excluding carboxylic acids is 1.